The third kappa shape index (κ3) is 3.73. The van der Waals surface area contributed by atoms with E-state index >= 15 is 0 Å². The highest BCUT2D eigenvalue weighted by Gasteiger charge is 2.30. The maximum atomic E-state index is 12.8. The number of carbonyl (C=O) groups is 2. The fraction of sp³-hybridized carbons (Fsp3) is 0.227. The van der Waals surface area contributed by atoms with Crippen LogP contribution >= 0.6 is 11.8 Å². The summed E-state index contributed by atoms with van der Waals surface area (Å²) in [6.07, 6.45) is 0.819. The van der Waals surface area contributed by atoms with E-state index in [1.807, 2.05) is 62.5 Å². The molecule has 1 aliphatic rings. The lowest BCUT2D eigenvalue weighted by atomic mass is 10.1. The average Bonchev–Trinajstić information content (AvgIpc) is 3.01. The fourth-order valence-corrected chi connectivity index (χ4v) is 4.50. The smallest absolute Gasteiger partial charge is 0.255 e. The quantitative estimate of drug-likeness (QED) is 0.727. The molecule has 0 saturated carbocycles. The Morgan fingerprint density at radius 2 is 2.00 bits per heavy atom. The molecule has 0 aliphatic carbocycles. The number of likely N-dealkylation sites (tertiary alicyclic amines) is 1. The average molecular weight is 391 g/mol. The molecule has 2 amide bonds. The van der Waals surface area contributed by atoms with Gasteiger partial charge in [-0.1, -0.05) is 18.2 Å². The number of thioether (sulfide) groups is 1. The Bertz CT molecular complexity index is 1070. The summed E-state index contributed by atoms with van der Waals surface area (Å²) in [7, 11) is 1.83. The predicted octanol–water partition coefficient (Wildman–Crippen LogP) is 4.12. The molecule has 4 rings (SSSR count). The van der Waals surface area contributed by atoms with Gasteiger partial charge in [0.1, 0.15) is 0 Å². The van der Waals surface area contributed by atoms with Gasteiger partial charge in [0.25, 0.3) is 5.91 Å². The molecule has 0 unspecified atom stereocenters. The van der Waals surface area contributed by atoms with Crippen LogP contribution in [0.25, 0.3) is 10.9 Å². The van der Waals surface area contributed by atoms with Crippen molar-refractivity contribution in [1.82, 2.24) is 9.88 Å². The van der Waals surface area contributed by atoms with Crippen LogP contribution in [-0.2, 0) is 4.79 Å². The normalized spacial score (nSPS) is 16.6. The Balaban J connectivity index is 1.55. The van der Waals surface area contributed by atoms with Gasteiger partial charge >= 0.3 is 0 Å². The first-order chi connectivity index (χ1) is 13.5. The van der Waals surface area contributed by atoms with Crippen LogP contribution in [0.15, 0.2) is 59.5 Å². The second kappa shape index (κ2) is 7.64. The van der Waals surface area contributed by atoms with Crippen molar-refractivity contribution in [3.8, 4) is 0 Å². The van der Waals surface area contributed by atoms with Crippen LogP contribution < -0.4 is 5.32 Å². The number of fused-ring (bicyclic) bond motifs is 1. The van der Waals surface area contributed by atoms with Crippen molar-refractivity contribution in [2.75, 3.05) is 18.9 Å². The first-order valence-corrected chi connectivity index (χ1v) is 10.1. The Labute approximate surface area is 168 Å². The van der Waals surface area contributed by atoms with E-state index in [1.165, 1.54) is 11.8 Å². The Morgan fingerprint density at radius 1 is 1.18 bits per heavy atom. The number of nitrogens with zero attached hydrogens (tertiary/aromatic N) is 2. The minimum Gasteiger partial charge on any atom is -0.345 e. The Hall–Kier alpha value is -2.86. The zero-order valence-electron chi connectivity index (χ0n) is 15.8. The van der Waals surface area contributed by atoms with E-state index in [-0.39, 0.29) is 17.1 Å². The van der Waals surface area contributed by atoms with E-state index in [9.17, 15) is 9.59 Å². The zero-order chi connectivity index (χ0) is 19.7. The molecule has 1 atom stereocenters. The first-order valence-electron chi connectivity index (χ1n) is 9.21. The molecule has 1 aromatic heterocycles. The molecule has 2 aromatic carbocycles. The fourth-order valence-electron chi connectivity index (χ4n) is 3.29. The molecule has 6 heteroatoms. The highest BCUT2D eigenvalue weighted by atomic mass is 32.2. The topological polar surface area (TPSA) is 62.3 Å². The number of benzene rings is 2. The molecule has 0 bridgehead atoms. The Morgan fingerprint density at radius 3 is 2.79 bits per heavy atom. The van der Waals surface area contributed by atoms with Gasteiger partial charge in [0, 0.05) is 35.1 Å². The number of anilines is 1. The second-order valence-electron chi connectivity index (χ2n) is 6.97. The number of pyridine rings is 1. The van der Waals surface area contributed by atoms with Gasteiger partial charge < -0.3 is 10.2 Å². The number of amides is 2. The number of para-hydroxylation sites is 1. The van der Waals surface area contributed by atoms with Crippen LogP contribution in [0, 0.1) is 6.92 Å². The molecule has 1 saturated heterocycles. The standard InChI is InChI=1S/C22H21N3O2S/c1-14-7-8-15-13-16(9-10-17(15)23-14)21(26)24-18-5-3-4-6-19(18)28-20-11-12-25(2)22(20)27/h3-10,13,20H,11-12H2,1-2H3,(H,24,26)/t20-/m1/s1. The molecule has 0 spiro atoms. The number of nitrogens with one attached hydrogen (secondary N) is 1. The summed E-state index contributed by atoms with van der Waals surface area (Å²) in [5, 5.41) is 3.83. The van der Waals surface area contributed by atoms with Crippen molar-refractivity contribution in [1.29, 1.82) is 0 Å². The van der Waals surface area contributed by atoms with Crippen LogP contribution in [0.5, 0.6) is 0 Å². The molecule has 5 nitrogen and oxygen atoms in total. The Kier molecular flexibility index (Phi) is 5.05. The molecule has 3 aromatic rings. The number of hydrogen-bond acceptors (Lipinski definition) is 4. The number of aromatic nitrogens is 1. The highest BCUT2D eigenvalue weighted by molar-refractivity contribution is 8.00. The molecular weight excluding hydrogens is 370 g/mol. The molecule has 1 N–H and O–H groups in total. The van der Waals surface area contributed by atoms with Crippen LogP contribution in [0.1, 0.15) is 22.5 Å². The molecule has 1 aliphatic heterocycles. The molecule has 142 valence electrons. The lowest BCUT2D eigenvalue weighted by Gasteiger charge is -2.14. The predicted molar refractivity (Wildman–Crippen MR) is 113 cm³/mol. The van der Waals surface area contributed by atoms with E-state index in [1.54, 1.807) is 11.0 Å². The molecular formula is C22H21N3O2S. The zero-order valence-corrected chi connectivity index (χ0v) is 16.6. The number of rotatable bonds is 4. The van der Waals surface area contributed by atoms with Crippen LogP contribution in [0.4, 0.5) is 5.69 Å². The van der Waals surface area contributed by atoms with Crippen molar-refractivity contribution in [2.45, 2.75) is 23.5 Å². The van der Waals surface area contributed by atoms with Gasteiger partial charge in [-0.3, -0.25) is 14.6 Å². The monoisotopic (exact) mass is 391 g/mol. The highest BCUT2D eigenvalue weighted by Crippen LogP contribution is 2.35. The minimum absolute atomic E-state index is 0.0990. The molecule has 1 fully saturated rings. The van der Waals surface area contributed by atoms with Gasteiger partial charge in [-0.05, 0) is 49.7 Å². The maximum Gasteiger partial charge on any atom is 0.255 e. The SMILES string of the molecule is Cc1ccc2cc(C(=O)Nc3ccccc3S[C@@H]3CCN(C)C3=O)ccc2n1. The van der Waals surface area contributed by atoms with Gasteiger partial charge in [0.2, 0.25) is 5.91 Å². The third-order valence-corrected chi connectivity index (χ3v) is 6.21. The van der Waals surface area contributed by atoms with E-state index in [0.717, 1.165) is 40.1 Å². The van der Waals surface area contributed by atoms with Gasteiger partial charge in [0.15, 0.2) is 0 Å². The van der Waals surface area contributed by atoms with Crippen molar-refractivity contribution >= 4 is 40.2 Å². The van der Waals surface area contributed by atoms with Crippen molar-refractivity contribution in [2.24, 2.45) is 0 Å². The van der Waals surface area contributed by atoms with E-state index in [4.69, 9.17) is 0 Å². The van der Waals surface area contributed by atoms with Crippen LogP contribution in [-0.4, -0.2) is 40.5 Å². The molecule has 2 heterocycles. The lowest BCUT2D eigenvalue weighted by molar-refractivity contribution is -0.126. The molecule has 0 radical (unpaired) electrons. The van der Waals surface area contributed by atoms with Crippen LogP contribution in [0.2, 0.25) is 0 Å². The summed E-state index contributed by atoms with van der Waals surface area (Å²) in [5.41, 5.74) is 3.12. The van der Waals surface area contributed by atoms with Crippen molar-refractivity contribution < 1.29 is 9.59 Å². The van der Waals surface area contributed by atoms with Gasteiger partial charge in [-0.15, -0.1) is 11.8 Å². The number of hydrogen-bond donors (Lipinski definition) is 1. The number of aryl methyl sites for hydroxylation is 1. The summed E-state index contributed by atoms with van der Waals surface area (Å²) in [6.45, 7) is 2.72. The largest absolute Gasteiger partial charge is 0.345 e. The van der Waals surface area contributed by atoms with Crippen molar-refractivity contribution in [3.05, 3.63) is 65.9 Å². The van der Waals surface area contributed by atoms with Gasteiger partial charge in [-0.25, -0.2) is 0 Å². The lowest BCUT2D eigenvalue weighted by Crippen LogP contribution is -2.23. The summed E-state index contributed by atoms with van der Waals surface area (Å²) < 4.78 is 0. The second-order valence-corrected chi connectivity index (χ2v) is 8.21. The third-order valence-electron chi connectivity index (χ3n) is 4.87. The molecule has 28 heavy (non-hydrogen) atoms. The van der Waals surface area contributed by atoms with Crippen LogP contribution in [0.3, 0.4) is 0 Å². The van der Waals surface area contributed by atoms with E-state index in [2.05, 4.69) is 10.3 Å². The summed E-state index contributed by atoms with van der Waals surface area (Å²) in [6, 6.07) is 17.0. The van der Waals surface area contributed by atoms with Gasteiger partial charge in [-0.2, -0.15) is 0 Å². The van der Waals surface area contributed by atoms with Gasteiger partial charge in [0.05, 0.1) is 16.5 Å². The first kappa shape index (κ1) is 18.5. The summed E-state index contributed by atoms with van der Waals surface area (Å²) in [4.78, 5) is 32.2. The minimum atomic E-state index is -0.176. The van der Waals surface area contributed by atoms with E-state index < -0.39 is 0 Å². The summed E-state index contributed by atoms with van der Waals surface area (Å²) >= 11 is 1.52. The van der Waals surface area contributed by atoms with E-state index in [0.29, 0.717) is 5.56 Å². The van der Waals surface area contributed by atoms with Crippen molar-refractivity contribution in [3.63, 3.8) is 0 Å². The number of carbonyl (C=O) groups excluding carboxylic acids is 2. The maximum absolute atomic E-state index is 12.8. The summed E-state index contributed by atoms with van der Waals surface area (Å²) in [5.74, 6) is -0.0335.